The van der Waals surface area contributed by atoms with Crippen molar-refractivity contribution < 1.29 is 19.2 Å². The number of para-hydroxylation sites is 1. The highest BCUT2D eigenvalue weighted by Gasteiger charge is 2.40. The molecule has 0 radical (unpaired) electrons. The third-order valence-electron chi connectivity index (χ3n) is 4.91. The Morgan fingerprint density at radius 1 is 0.900 bits per heavy atom. The van der Waals surface area contributed by atoms with E-state index in [1.165, 1.54) is 11.1 Å². The average molecular weight is 402 g/mol. The molecule has 2 heterocycles. The molecule has 1 atom stereocenters. The molecule has 150 valence electrons. The molecule has 4 rings (SSSR count). The second-order valence-corrected chi connectivity index (χ2v) is 7.02. The average Bonchev–Trinajstić information content (AvgIpc) is 3.01. The first-order valence-corrected chi connectivity index (χ1v) is 9.29. The van der Waals surface area contributed by atoms with E-state index in [1.807, 2.05) is 13.0 Å². The Morgan fingerprint density at radius 3 is 2.23 bits per heavy atom. The molecule has 2 aromatic carbocycles. The van der Waals surface area contributed by atoms with E-state index >= 15 is 0 Å². The lowest BCUT2D eigenvalue weighted by Crippen LogP contribution is -2.54. The monoisotopic (exact) mass is 402 g/mol. The van der Waals surface area contributed by atoms with E-state index in [-0.39, 0.29) is 11.5 Å². The zero-order valence-electron chi connectivity index (χ0n) is 16.3. The van der Waals surface area contributed by atoms with E-state index in [2.05, 4.69) is 10.4 Å². The number of benzene rings is 2. The molecular formula is C22H18N4O4. The summed E-state index contributed by atoms with van der Waals surface area (Å²) in [6.45, 7) is 3.53. The first-order valence-electron chi connectivity index (χ1n) is 9.29. The molecule has 1 unspecified atom stereocenters. The van der Waals surface area contributed by atoms with Gasteiger partial charge in [-0.05, 0) is 44.2 Å². The molecule has 1 N–H and O–H groups in total. The summed E-state index contributed by atoms with van der Waals surface area (Å²) in [7, 11) is 0. The molecule has 0 saturated carbocycles. The number of anilines is 2. The number of nitrogens with one attached hydrogen (secondary N) is 1. The van der Waals surface area contributed by atoms with E-state index < -0.39 is 23.8 Å². The van der Waals surface area contributed by atoms with Gasteiger partial charge in [-0.25, -0.2) is 9.69 Å². The summed E-state index contributed by atoms with van der Waals surface area (Å²) in [5, 5.41) is 7.68. The van der Waals surface area contributed by atoms with E-state index in [9.17, 15) is 19.2 Å². The topological polar surface area (TPSA) is 99.2 Å². The summed E-state index contributed by atoms with van der Waals surface area (Å²) < 4.78 is 0. The zero-order valence-corrected chi connectivity index (χ0v) is 16.3. The van der Waals surface area contributed by atoms with Crippen LogP contribution in [0.4, 0.5) is 16.2 Å². The lowest BCUT2D eigenvalue weighted by atomic mass is 9.98. The van der Waals surface area contributed by atoms with Gasteiger partial charge in [0.05, 0.1) is 23.0 Å². The van der Waals surface area contributed by atoms with Crippen LogP contribution in [0, 0.1) is 12.8 Å². The summed E-state index contributed by atoms with van der Waals surface area (Å²) in [6, 6.07) is 14.8. The largest absolute Gasteiger partial charge is 0.335 e. The Hall–Kier alpha value is -4.07. The quantitative estimate of drug-likeness (QED) is 0.630. The number of imide groups is 2. The van der Waals surface area contributed by atoms with Crippen LogP contribution in [0.15, 0.2) is 71.3 Å². The number of carbonyl (C=O) groups excluding carboxylic acids is 4. The molecule has 2 aromatic rings. The molecule has 1 fully saturated rings. The highest BCUT2D eigenvalue weighted by Crippen LogP contribution is 2.27. The molecule has 0 aliphatic carbocycles. The molecule has 0 bridgehead atoms. The Labute approximate surface area is 172 Å². The number of hydrogen-bond donors (Lipinski definition) is 1. The van der Waals surface area contributed by atoms with Crippen molar-refractivity contribution in [2.45, 2.75) is 13.8 Å². The van der Waals surface area contributed by atoms with Gasteiger partial charge in [-0.2, -0.15) is 10.1 Å². The molecule has 2 aliphatic heterocycles. The number of hydrazone groups is 1. The van der Waals surface area contributed by atoms with Gasteiger partial charge in [0, 0.05) is 0 Å². The number of barbiturate groups is 1. The van der Waals surface area contributed by atoms with E-state index in [1.54, 1.807) is 55.5 Å². The van der Waals surface area contributed by atoms with Crippen molar-refractivity contribution in [1.82, 2.24) is 5.32 Å². The van der Waals surface area contributed by atoms with Crippen molar-refractivity contribution in [1.29, 1.82) is 0 Å². The summed E-state index contributed by atoms with van der Waals surface area (Å²) >= 11 is 0. The van der Waals surface area contributed by atoms with Gasteiger partial charge in [-0.3, -0.25) is 19.7 Å². The fourth-order valence-corrected chi connectivity index (χ4v) is 3.30. The molecule has 8 nitrogen and oxygen atoms in total. The van der Waals surface area contributed by atoms with Crippen molar-refractivity contribution in [2.75, 3.05) is 9.91 Å². The molecule has 0 aromatic heterocycles. The van der Waals surface area contributed by atoms with Crippen LogP contribution in [0.5, 0.6) is 0 Å². The van der Waals surface area contributed by atoms with Crippen molar-refractivity contribution in [3.63, 3.8) is 0 Å². The van der Waals surface area contributed by atoms with Crippen LogP contribution < -0.4 is 15.2 Å². The summed E-state index contributed by atoms with van der Waals surface area (Å²) in [5.74, 6) is -2.90. The zero-order chi connectivity index (χ0) is 21.4. The lowest BCUT2D eigenvalue weighted by Gasteiger charge is -2.26. The normalized spacial score (nSPS) is 20.7. The van der Waals surface area contributed by atoms with Crippen LogP contribution in [0.2, 0.25) is 0 Å². The van der Waals surface area contributed by atoms with Gasteiger partial charge in [-0.15, -0.1) is 0 Å². The third kappa shape index (κ3) is 3.28. The fourth-order valence-electron chi connectivity index (χ4n) is 3.30. The van der Waals surface area contributed by atoms with Gasteiger partial charge < -0.3 is 0 Å². The standard InChI is InChI=1S/C22H18N4O4/c1-13-8-10-15(11-9-13)25-20(28)18(19(27)23-22(25)30)12-17-14(2)24-26(21(17)29)16-6-4-3-5-7-16/h3-12,17H,1-2H3,(H,23,27,30). The smallest absolute Gasteiger partial charge is 0.273 e. The number of urea groups is 1. The predicted octanol–water partition coefficient (Wildman–Crippen LogP) is 2.54. The highest BCUT2D eigenvalue weighted by molar-refractivity contribution is 6.38. The minimum Gasteiger partial charge on any atom is -0.273 e. The molecule has 2 aliphatic rings. The van der Waals surface area contributed by atoms with Crippen LogP contribution in [-0.4, -0.2) is 29.5 Å². The Balaban J connectivity index is 1.67. The number of hydrogen-bond acceptors (Lipinski definition) is 5. The van der Waals surface area contributed by atoms with Gasteiger partial charge in [0.25, 0.3) is 17.7 Å². The Bertz CT molecular complexity index is 1120. The van der Waals surface area contributed by atoms with Gasteiger partial charge in [0.15, 0.2) is 0 Å². The van der Waals surface area contributed by atoms with Crippen LogP contribution in [-0.2, 0) is 14.4 Å². The first-order chi connectivity index (χ1) is 14.4. The number of nitrogens with zero attached hydrogens (tertiary/aromatic N) is 3. The van der Waals surface area contributed by atoms with E-state index in [0.717, 1.165) is 10.5 Å². The van der Waals surface area contributed by atoms with Gasteiger partial charge in [0.1, 0.15) is 5.57 Å². The Kier molecular flexibility index (Phi) is 4.75. The third-order valence-corrected chi connectivity index (χ3v) is 4.91. The number of carbonyl (C=O) groups is 4. The van der Waals surface area contributed by atoms with Gasteiger partial charge >= 0.3 is 6.03 Å². The molecule has 8 heteroatoms. The van der Waals surface area contributed by atoms with Crippen molar-refractivity contribution in [2.24, 2.45) is 11.0 Å². The minimum absolute atomic E-state index is 0.280. The number of aryl methyl sites for hydroxylation is 1. The van der Waals surface area contributed by atoms with Crippen LogP contribution in [0.3, 0.4) is 0 Å². The van der Waals surface area contributed by atoms with Gasteiger partial charge in [0.2, 0.25) is 0 Å². The first kappa shape index (κ1) is 19.3. The molecule has 0 spiro atoms. The predicted molar refractivity (Wildman–Crippen MR) is 111 cm³/mol. The van der Waals surface area contributed by atoms with E-state index in [0.29, 0.717) is 17.1 Å². The molecule has 5 amide bonds. The van der Waals surface area contributed by atoms with Crippen LogP contribution in [0.25, 0.3) is 0 Å². The Morgan fingerprint density at radius 2 is 1.57 bits per heavy atom. The van der Waals surface area contributed by atoms with Gasteiger partial charge in [-0.1, -0.05) is 35.9 Å². The number of amides is 5. The maximum atomic E-state index is 13.0. The molecule has 1 saturated heterocycles. The highest BCUT2D eigenvalue weighted by atomic mass is 16.2. The van der Waals surface area contributed by atoms with Crippen molar-refractivity contribution >= 4 is 40.8 Å². The maximum absolute atomic E-state index is 13.0. The maximum Gasteiger partial charge on any atom is 0.335 e. The lowest BCUT2D eigenvalue weighted by molar-refractivity contribution is -0.122. The number of rotatable bonds is 3. The molecule has 30 heavy (non-hydrogen) atoms. The summed E-state index contributed by atoms with van der Waals surface area (Å²) in [4.78, 5) is 51.5. The van der Waals surface area contributed by atoms with Crippen LogP contribution in [0.1, 0.15) is 12.5 Å². The van der Waals surface area contributed by atoms with E-state index in [4.69, 9.17) is 0 Å². The van der Waals surface area contributed by atoms with Crippen molar-refractivity contribution in [3.8, 4) is 0 Å². The van der Waals surface area contributed by atoms with Crippen LogP contribution >= 0.6 is 0 Å². The molecular weight excluding hydrogens is 384 g/mol. The second-order valence-electron chi connectivity index (χ2n) is 7.02. The van der Waals surface area contributed by atoms with Crippen molar-refractivity contribution in [3.05, 3.63) is 71.8 Å². The second kappa shape index (κ2) is 7.40. The summed E-state index contributed by atoms with van der Waals surface area (Å²) in [6.07, 6.45) is 1.27. The SMILES string of the molecule is CC1=NN(c2ccccc2)C(=O)C1C=C1C(=O)NC(=O)N(c2ccc(C)cc2)C1=O. The minimum atomic E-state index is -0.886. The summed E-state index contributed by atoms with van der Waals surface area (Å²) in [5.41, 5.74) is 2.03. The fraction of sp³-hybridized carbons (Fsp3) is 0.136.